The summed E-state index contributed by atoms with van der Waals surface area (Å²) in [4.78, 5) is 24.0. The molecule has 2 heterocycles. The van der Waals surface area contributed by atoms with E-state index < -0.39 is 15.9 Å². The van der Waals surface area contributed by atoms with E-state index in [1.54, 1.807) is 30.6 Å². The van der Waals surface area contributed by atoms with Gasteiger partial charge in [-0.3, -0.25) is 9.78 Å². The van der Waals surface area contributed by atoms with Crippen LogP contribution in [0.4, 0.5) is 23.1 Å². The number of fused-ring (bicyclic) bond motifs is 1. The molecule has 156 valence electrons. The van der Waals surface area contributed by atoms with Crippen LogP contribution in [0.1, 0.15) is 6.92 Å². The van der Waals surface area contributed by atoms with Crippen molar-refractivity contribution in [2.75, 3.05) is 10.6 Å². The SMILES string of the molecule is CC(=O)NS(=O)(=O)c1ccc(Nc2nccc(Nc3cnc4ccccc4c3)n2)cc1. The standard InChI is InChI=1S/C21H18N6O3S/c1-14(28)27-31(29,30)18-8-6-16(7-9-18)25-21-22-11-10-20(26-21)24-17-12-15-4-2-3-5-19(15)23-13-17/h2-13H,1H3,(H,27,28)(H2,22,24,25,26). The lowest BCUT2D eigenvalue weighted by atomic mass is 10.2. The number of pyridine rings is 1. The second-order valence-electron chi connectivity index (χ2n) is 6.62. The predicted molar refractivity (Wildman–Crippen MR) is 118 cm³/mol. The van der Waals surface area contributed by atoms with Crippen molar-refractivity contribution < 1.29 is 13.2 Å². The van der Waals surface area contributed by atoms with Gasteiger partial charge < -0.3 is 10.6 Å². The maximum atomic E-state index is 12.0. The normalized spacial score (nSPS) is 11.1. The van der Waals surface area contributed by atoms with Crippen molar-refractivity contribution in [2.24, 2.45) is 0 Å². The van der Waals surface area contributed by atoms with Crippen molar-refractivity contribution in [1.82, 2.24) is 19.7 Å². The minimum atomic E-state index is -3.88. The average Bonchev–Trinajstić information content (AvgIpc) is 2.73. The molecule has 0 saturated heterocycles. The van der Waals surface area contributed by atoms with E-state index in [0.717, 1.165) is 23.5 Å². The fourth-order valence-corrected chi connectivity index (χ4v) is 3.86. The maximum Gasteiger partial charge on any atom is 0.264 e. The molecule has 9 nitrogen and oxygen atoms in total. The van der Waals surface area contributed by atoms with Gasteiger partial charge in [0.25, 0.3) is 10.0 Å². The number of para-hydroxylation sites is 1. The van der Waals surface area contributed by atoms with E-state index in [0.29, 0.717) is 17.5 Å². The second-order valence-corrected chi connectivity index (χ2v) is 8.30. The number of rotatable bonds is 6. The Hall–Kier alpha value is -4.05. The highest BCUT2D eigenvalue weighted by Crippen LogP contribution is 2.21. The van der Waals surface area contributed by atoms with Crippen LogP contribution in [0, 0.1) is 0 Å². The molecule has 0 spiro atoms. The Morgan fingerprint density at radius 1 is 0.903 bits per heavy atom. The lowest BCUT2D eigenvalue weighted by molar-refractivity contribution is -0.117. The van der Waals surface area contributed by atoms with Gasteiger partial charge >= 0.3 is 0 Å². The Bertz CT molecular complexity index is 1360. The number of anilines is 4. The molecule has 0 unspecified atom stereocenters. The number of hydrogen-bond donors (Lipinski definition) is 3. The molecule has 2 aromatic heterocycles. The molecule has 0 aliphatic rings. The minimum absolute atomic E-state index is 0.0200. The van der Waals surface area contributed by atoms with Crippen LogP contribution in [0.15, 0.2) is 78.0 Å². The quantitative estimate of drug-likeness (QED) is 0.422. The molecular formula is C21H18N6O3S. The van der Waals surface area contributed by atoms with Gasteiger partial charge in [0.2, 0.25) is 11.9 Å². The summed E-state index contributed by atoms with van der Waals surface area (Å²) >= 11 is 0. The Balaban J connectivity index is 1.48. The van der Waals surface area contributed by atoms with E-state index in [-0.39, 0.29) is 4.90 Å². The number of benzene rings is 2. The highest BCUT2D eigenvalue weighted by atomic mass is 32.2. The van der Waals surface area contributed by atoms with Gasteiger partial charge in [-0.1, -0.05) is 18.2 Å². The molecule has 2 aromatic carbocycles. The summed E-state index contributed by atoms with van der Waals surface area (Å²) in [5.41, 5.74) is 2.28. The maximum absolute atomic E-state index is 12.0. The van der Waals surface area contributed by atoms with Gasteiger partial charge in [-0.2, -0.15) is 4.98 Å². The van der Waals surface area contributed by atoms with Gasteiger partial charge in [0.15, 0.2) is 0 Å². The predicted octanol–water partition coefficient (Wildman–Crippen LogP) is 3.34. The molecule has 0 bridgehead atoms. The molecule has 0 saturated carbocycles. The van der Waals surface area contributed by atoms with E-state index in [1.807, 2.05) is 35.1 Å². The number of amides is 1. The van der Waals surface area contributed by atoms with Crippen molar-refractivity contribution in [3.8, 4) is 0 Å². The molecule has 10 heteroatoms. The fraction of sp³-hybridized carbons (Fsp3) is 0.0476. The third-order valence-electron chi connectivity index (χ3n) is 4.22. The number of carbonyl (C=O) groups excluding carboxylic acids is 1. The zero-order valence-corrected chi connectivity index (χ0v) is 17.2. The van der Waals surface area contributed by atoms with E-state index in [9.17, 15) is 13.2 Å². The lowest BCUT2D eigenvalue weighted by Gasteiger charge is -2.10. The Kier molecular flexibility index (Phi) is 5.46. The molecule has 31 heavy (non-hydrogen) atoms. The molecule has 0 atom stereocenters. The van der Waals surface area contributed by atoms with Crippen molar-refractivity contribution in [1.29, 1.82) is 0 Å². The third-order valence-corrected chi connectivity index (χ3v) is 5.67. The summed E-state index contributed by atoms with van der Waals surface area (Å²) in [6.07, 6.45) is 3.33. The minimum Gasteiger partial charge on any atom is -0.339 e. The molecule has 4 rings (SSSR count). The molecule has 1 amide bonds. The fourth-order valence-electron chi connectivity index (χ4n) is 2.87. The van der Waals surface area contributed by atoms with Gasteiger partial charge in [-0.25, -0.2) is 18.1 Å². The van der Waals surface area contributed by atoms with Crippen LogP contribution in [0.5, 0.6) is 0 Å². The monoisotopic (exact) mass is 434 g/mol. The number of hydrogen-bond acceptors (Lipinski definition) is 8. The number of nitrogens with one attached hydrogen (secondary N) is 3. The van der Waals surface area contributed by atoms with Crippen LogP contribution < -0.4 is 15.4 Å². The third kappa shape index (κ3) is 4.93. The van der Waals surface area contributed by atoms with Gasteiger partial charge in [-0.05, 0) is 42.5 Å². The first-order valence-corrected chi connectivity index (χ1v) is 10.7. The largest absolute Gasteiger partial charge is 0.339 e. The molecule has 0 fully saturated rings. The number of aromatic nitrogens is 3. The summed E-state index contributed by atoms with van der Waals surface area (Å²) in [6.45, 7) is 1.14. The van der Waals surface area contributed by atoms with Crippen LogP contribution in [0.2, 0.25) is 0 Å². The van der Waals surface area contributed by atoms with E-state index in [4.69, 9.17) is 0 Å². The summed E-state index contributed by atoms with van der Waals surface area (Å²) < 4.78 is 26.0. The van der Waals surface area contributed by atoms with Gasteiger partial charge in [0, 0.05) is 24.2 Å². The Labute approximate surface area is 178 Å². The Morgan fingerprint density at radius 3 is 2.45 bits per heavy atom. The van der Waals surface area contributed by atoms with E-state index in [1.165, 1.54) is 12.1 Å². The molecule has 0 aliphatic carbocycles. The molecule has 0 aliphatic heterocycles. The molecular weight excluding hydrogens is 416 g/mol. The van der Waals surface area contributed by atoms with Crippen LogP contribution >= 0.6 is 0 Å². The Morgan fingerprint density at radius 2 is 1.68 bits per heavy atom. The lowest BCUT2D eigenvalue weighted by Crippen LogP contribution is -2.28. The summed E-state index contributed by atoms with van der Waals surface area (Å²) in [6, 6.07) is 17.4. The van der Waals surface area contributed by atoms with Crippen LogP contribution in [-0.4, -0.2) is 29.3 Å². The van der Waals surface area contributed by atoms with Crippen LogP contribution in [0.25, 0.3) is 10.9 Å². The summed E-state index contributed by atoms with van der Waals surface area (Å²) in [5.74, 6) is 0.247. The van der Waals surface area contributed by atoms with Gasteiger partial charge in [0.05, 0.1) is 22.3 Å². The zero-order chi connectivity index (χ0) is 21.8. The first kappa shape index (κ1) is 20.2. The summed E-state index contributed by atoms with van der Waals surface area (Å²) in [5, 5.41) is 7.22. The molecule has 3 N–H and O–H groups in total. The van der Waals surface area contributed by atoms with Crippen LogP contribution in [-0.2, 0) is 14.8 Å². The topological polar surface area (TPSA) is 126 Å². The molecule has 4 aromatic rings. The highest BCUT2D eigenvalue weighted by molar-refractivity contribution is 7.90. The highest BCUT2D eigenvalue weighted by Gasteiger charge is 2.15. The second kappa shape index (κ2) is 8.36. The van der Waals surface area contributed by atoms with Crippen molar-refractivity contribution in [3.63, 3.8) is 0 Å². The number of carbonyl (C=O) groups is 1. The molecule has 0 radical (unpaired) electrons. The van der Waals surface area contributed by atoms with Crippen molar-refractivity contribution in [3.05, 3.63) is 73.1 Å². The van der Waals surface area contributed by atoms with Gasteiger partial charge in [0.1, 0.15) is 5.82 Å². The van der Waals surface area contributed by atoms with Crippen LogP contribution in [0.3, 0.4) is 0 Å². The number of nitrogens with zero attached hydrogens (tertiary/aromatic N) is 3. The zero-order valence-electron chi connectivity index (χ0n) is 16.4. The number of sulfonamides is 1. The van der Waals surface area contributed by atoms with E-state index >= 15 is 0 Å². The van der Waals surface area contributed by atoms with Crippen molar-refractivity contribution >= 4 is 50.0 Å². The van der Waals surface area contributed by atoms with E-state index in [2.05, 4.69) is 25.6 Å². The first-order valence-electron chi connectivity index (χ1n) is 9.24. The van der Waals surface area contributed by atoms with Gasteiger partial charge in [-0.15, -0.1) is 0 Å². The summed E-state index contributed by atoms with van der Waals surface area (Å²) in [7, 11) is -3.88. The average molecular weight is 434 g/mol. The van der Waals surface area contributed by atoms with Crippen molar-refractivity contribution in [2.45, 2.75) is 11.8 Å². The smallest absolute Gasteiger partial charge is 0.264 e. The first-order chi connectivity index (χ1) is 14.9.